The Hall–Kier alpha value is -1.35. The maximum Gasteiger partial charge on any atom is 0.0455 e. The van der Waals surface area contributed by atoms with E-state index in [0.29, 0.717) is 0 Å². The summed E-state index contributed by atoms with van der Waals surface area (Å²) in [5, 5.41) is 1.96. The minimum absolute atomic E-state index is 0.843. The van der Waals surface area contributed by atoms with Crippen LogP contribution in [0.4, 0.5) is 5.69 Å². The zero-order valence-corrected chi connectivity index (χ0v) is 7.92. The highest BCUT2D eigenvalue weighted by Gasteiger charge is 1.98. The molecule has 0 aliphatic rings. The molecule has 66 valence electrons. The van der Waals surface area contributed by atoms with E-state index in [9.17, 15) is 0 Å². The molecule has 0 aliphatic heterocycles. The molecule has 0 aromatic carbocycles. The summed E-state index contributed by atoms with van der Waals surface area (Å²) in [6.07, 6.45) is 2.69. The maximum absolute atomic E-state index is 5.62. The molecule has 0 radical (unpaired) electrons. The van der Waals surface area contributed by atoms with Crippen LogP contribution in [0.3, 0.4) is 0 Å². The number of rotatable bonds is 2. The van der Waals surface area contributed by atoms with Gasteiger partial charge in [0.15, 0.2) is 0 Å². The van der Waals surface area contributed by atoms with Gasteiger partial charge in [-0.15, -0.1) is 11.3 Å². The Bertz CT molecular complexity index is 381. The van der Waals surface area contributed by atoms with Crippen LogP contribution >= 0.6 is 11.3 Å². The van der Waals surface area contributed by atoms with E-state index in [0.717, 1.165) is 17.8 Å². The highest BCUT2D eigenvalue weighted by Crippen LogP contribution is 2.18. The van der Waals surface area contributed by atoms with Crippen LogP contribution in [0, 0.1) is 0 Å². The van der Waals surface area contributed by atoms with Gasteiger partial charge in [0.2, 0.25) is 0 Å². The molecule has 2 rings (SSSR count). The fourth-order valence-corrected chi connectivity index (χ4v) is 1.96. The van der Waals surface area contributed by atoms with E-state index < -0.39 is 0 Å². The first-order valence-corrected chi connectivity index (χ1v) is 4.95. The van der Waals surface area contributed by atoms with E-state index in [2.05, 4.69) is 4.98 Å². The first kappa shape index (κ1) is 8.26. The van der Waals surface area contributed by atoms with Crippen LogP contribution in [-0.2, 0) is 6.42 Å². The summed E-state index contributed by atoms with van der Waals surface area (Å²) in [5.74, 6) is 0. The summed E-state index contributed by atoms with van der Waals surface area (Å²) in [4.78, 5) is 5.51. The van der Waals surface area contributed by atoms with Crippen molar-refractivity contribution in [2.45, 2.75) is 6.42 Å². The Morgan fingerprint density at radius 3 is 2.92 bits per heavy atom. The Labute approximate surface area is 81.1 Å². The molecular weight excluding hydrogens is 180 g/mol. The van der Waals surface area contributed by atoms with Crippen molar-refractivity contribution >= 4 is 17.0 Å². The second-order valence-electron chi connectivity index (χ2n) is 2.84. The van der Waals surface area contributed by atoms with Crippen molar-refractivity contribution in [1.29, 1.82) is 0 Å². The van der Waals surface area contributed by atoms with Gasteiger partial charge in [0.25, 0.3) is 0 Å². The van der Waals surface area contributed by atoms with E-state index in [4.69, 9.17) is 5.73 Å². The van der Waals surface area contributed by atoms with Crippen LogP contribution in [-0.4, -0.2) is 4.98 Å². The standard InChI is InChI=1S/C10H10N2S/c11-8-5-10(13-7-8)6-9-3-1-2-4-12-9/h1-5,7H,6,11H2. The monoisotopic (exact) mass is 190 g/mol. The number of nitrogens with two attached hydrogens (primary N) is 1. The molecule has 2 nitrogen and oxygen atoms in total. The molecule has 2 N–H and O–H groups in total. The molecule has 0 amide bonds. The van der Waals surface area contributed by atoms with Gasteiger partial charge in [0.1, 0.15) is 0 Å². The fourth-order valence-electron chi connectivity index (χ4n) is 1.17. The molecule has 2 heterocycles. The van der Waals surface area contributed by atoms with Crippen LogP contribution in [0.5, 0.6) is 0 Å². The number of hydrogen-bond acceptors (Lipinski definition) is 3. The molecule has 0 saturated carbocycles. The Morgan fingerprint density at radius 2 is 2.31 bits per heavy atom. The van der Waals surface area contributed by atoms with Gasteiger partial charge in [-0.05, 0) is 18.2 Å². The van der Waals surface area contributed by atoms with E-state index in [-0.39, 0.29) is 0 Å². The quantitative estimate of drug-likeness (QED) is 0.789. The number of aromatic nitrogens is 1. The molecule has 0 fully saturated rings. The summed E-state index contributed by atoms with van der Waals surface area (Å²) >= 11 is 1.68. The molecule has 0 aliphatic carbocycles. The third kappa shape index (κ3) is 2.06. The van der Waals surface area contributed by atoms with Gasteiger partial charge in [-0.3, -0.25) is 4.98 Å². The largest absolute Gasteiger partial charge is 0.398 e. The highest BCUT2D eigenvalue weighted by molar-refractivity contribution is 7.10. The maximum atomic E-state index is 5.62. The SMILES string of the molecule is Nc1csc(Cc2ccccn2)c1. The van der Waals surface area contributed by atoms with E-state index in [1.54, 1.807) is 11.3 Å². The second-order valence-corrected chi connectivity index (χ2v) is 3.84. The number of nitrogens with zero attached hydrogens (tertiary/aromatic N) is 1. The predicted molar refractivity (Wildman–Crippen MR) is 55.8 cm³/mol. The Balaban J connectivity index is 2.15. The molecule has 2 aromatic rings. The summed E-state index contributed by atoms with van der Waals surface area (Å²) < 4.78 is 0. The summed E-state index contributed by atoms with van der Waals surface area (Å²) in [7, 11) is 0. The Kier molecular flexibility index (Phi) is 2.27. The topological polar surface area (TPSA) is 38.9 Å². The van der Waals surface area contributed by atoms with Gasteiger partial charge < -0.3 is 5.73 Å². The number of nitrogen functional groups attached to an aromatic ring is 1. The molecule has 2 aromatic heterocycles. The van der Waals surface area contributed by atoms with Crippen molar-refractivity contribution < 1.29 is 0 Å². The summed E-state index contributed by atoms with van der Waals surface area (Å²) in [6.45, 7) is 0. The molecule has 0 spiro atoms. The molecule has 0 bridgehead atoms. The lowest BCUT2D eigenvalue weighted by Crippen LogP contribution is -1.87. The van der Waals surface area contributed by atoms with Gasteiger partial charge in [0, 0.05) is 34.3 Å². The van der Waals surface area contributed by atoms with Crippen LogP contribution in [0.25, 0.3) is 0 Å². The number of anilines is 1. The number of hydrogen-bond donors (Lipinski definition) is 1. The second kappa shape index (κ2) is 3.58. The average molecular weight is 190 g/mol. The van der Waals surface area contributed by atoms with Crippen molar-refractivity contribution in [3.63, 3.8) is 0 Å². The zero-order chi connectivity index (χ0) is 9.10. The van der Waals surface area contributed by atoms with Crippen molar-refractivity contribution in [3.8, 4) is 0 Å². The number of thiophene rings is 1. The first-order chi connectivity index (χ1) is 6.34. The van der Waals surface area contributed by atoms with Gasteiger partial charge in [-0.25, -0.2) is 0 Å². The van der Waals surface area contributed by atoms with Crippen LogP contribution in [0.2, 0.25) is 0 Å². The zero-order valence-electron chi connectivity index (χ0n) is 7.10. The summed E-state index contributed by atoms with van der Waals surface area (Å²) in [5.41, 5.74) is 7.55. The average Bonchev–Trinajstić information content (AvgIpc) is 2.53. The van der Waals surface area contributed by atoms with E-state index in [1.165, 1.54) is 4.88 Å². The van der Waals surface area contributed by atoms with Crippen molar-refractivity contribution in [2.24, 2.45) is 0 Å². The van der Waals surface area contributed by atoms with Gasteiger partial charge in [-0.2, -0.15) is 0 Å². The van der Waals surface area contributed by atoms with E-state index in [1.807, 2.05) is 35.8 Å². The normalized spacial score (nSPS) is 10.2. The van der Waals surface area contributed by atoms with Crippen LogP contribution in [0.15, 0.2) is 35.8 Å². The third-order valence-electron chi connectivity index (χ3n) is 1.76. The van der Waals surface area contributed by atoms with Crippen molar-refractivity contribution in [2.75, 3.05) is 5.73 Å². The molecule has 0 atom stereocenters. The third-order valence-corrected chi connectivity index (χ3v) is 2.71. The Morgan fingerprint density at radius 1 is 1.38 bits per heavy atom. The highest BCUT2D eigenvalue weighted by atomic mass is 32.1. The number of pyridine rings is 1. The van der Waals surface area contributed by atoms with Crippen molar-refractivity contribution in [1.82, 2.24) is 4.98 Å². The van der Waals surface area contributed by atoms with Gasteiger partial charge >= 0.3 is 0 Å². The molecule has 0 saturated heterocycles. The lowest BCUT2D eigenvalue weighted by atomic mass is 10.2. The lowest BCUT2D eigenvalue weighted by Gasteiger charge is -1.95. The minimum Gasteiger partial charge on any atom is -0.398 e. The predicted octanol–water partition coefficient (Wildman–Crippen LogP) is 2.32. The molecule has 13 heavy (non-hydrogen) atoms. The van der Waals surface area contributed by atoms with E-state index >= 15 is 0 Å². The lowest BCUT2D eigenvalue weighted by molar-refractivity contribution is 1.10. The van der Waals surface area contributed by atoms with Crippen LogP contribution < -0.4 is 5.73 Å². The molecule has 3 heteroatoms. The first-order valence-electron chi connectivity index (χ1n) is 4.07. The smallest absolute Gasteiger partial charge is 0.0455 e. The van der Waals surface area contributed by atoms with Crippen molar-refractivity contribution in [3.05, 3.63) is 46.4 Å². The fraction of sp³-hybridized carbons (Fsp3) is 0.100. The van der Waals surface area contributed by atoms with Gasteiger partial charge in [-0.1, -0.05) is 6.07 Å². The van der Waals surface area contributed by atoms with Crippen LogP contribution in [0.1, 0.15) is 10.6 Å². The van der Waals surface area contributed by atoms with Gasteiger partial charge in [0.05, 0.1) is 0 Å². The summed E-state index contributed by atoms with van der Waals surface area (Å²) in [6, 6.07) is 7.95. The minimum atomic E-state index is 0.843. The molecular formula is C10H10N2S. The molecule has 0 unspecified atom stereocenters.